The number of hydrogen-bond acceptors (Lipinski definition) is 2. The van der Waals surface area contributed by atoms with Crippen LogP contribution in [0, 0.1) is 25.5 Å². The topological polar surface area (TPSA) is 12.9 Å². The van der Waals surface area contributed by atoms with Crippen LogP contribution in [0.15, 0.2) is 46.4 Å². The van der Waals surface area contributed by atoms with Gasteiger partial charge in [-0.3, -0.25) is 0 Å². The van der Waals surface area contributed by atoms with Gasteiger partial charge in [0.1, 0.15) is 16.7 Å². The van der Waals surface area contributed by atoms with E-state index in [9.17, 15) is 8.78 Å². The summed E-state index contributed by atoms with van der Waals surface area (Å²) < 4.78 is 27.1. The summed E-state index contributed by atoms with van der Waals surface area (Å²) in [5, 5.41) is 0.827. The predicted octanol–water partition coefficient (Wildman–Crippen LogP) is 8.67. The molecule has 0 amide bonds. The van der Waals surface area contributed by atoms with Gasteiger partial charge < -0.3 is 0 Å². The van der Waals surface area contributed by atoms with Crippen LogP contribution in [0.25, 0.3) is 0 Å². The molecule has 0 fully saturated rings. The van der Waals surface area contributed by atoms with Gasteiger partial charge in [0.2, 0.25) is 0 Å². The SMILES string of the molecule is C=CC.CC.CCC.Cc1cc(Br)c(SCc2cc(F)cc(F)c2)nc1C. The zero-order valence-electron chi connectivity index (χ0n) is 17.5. The number of nitrogens with zero attached hydrogens (tertiary/aromatic N) is 1. The molecule has 2 rings (SSSR count). The molecule has 0 saturated heterocycles. The van der Waals surface area contributed by atoms with Crippen molar-refractivity contribution >= 4 is 27.7 Å². The lowest BCUT2D eigenvalue weighted by Crippen LogP contribution is -1.92. The molecular formula is C22H32BrF2NS. The van der Waals surface area contributed by atoms with Crippen molar-refractivity contribution in [3.05, 3.63) is 69.8 Å². The highest BCUT2D eigenvalue weighted by Gasteiger charge is 2.07. The largest absolute Gasteiger partial charge is 0.245 e. The Labute approximate surface area is 176 Å². The number of rotatable bonds is 3. The summed E-state index contributed by atoms with van der Waals surface area (Å²) in [6.07, 6.45) is 3.00. The molecule has 5 heteroatoms. The van der Waals surface area contributed by atoms with Crippen molar-refractivity contribution in [1.82, 2.24) is 4.98 Å². The average molecular weight is 460 g/mol. The zero-order valence-corrected chi connectivity index (χ0v) is 19.9. The van der Waals surface area contributed by atoms with Gasteiger partial charge in [-0.25, -0.2) is 13.8 Å². The Morgan fingerprint density at radius 1 is 1.07 bits per heavy atom. The summed E-state index contributed by atoms with van der Waals surface area (Å²) in [7, 11) is 0. The van der Waals surface area contributed by atoms with Gasteiger partial charge in [-0.15, -0.1) is 18.3 Å². The molecule has 0 unspecified atom stereocenters. The first-order valence-electron chi connectivity index (χ1n) is 9.07. The summed E-state index contributed by atoms with van der Waals surface area (Å²) in [5.74, 6) is -0.631. The van der Waals surface area contributed by atoms with Gasteiger partial charge in [-0.2, -0.15) is 0 Å². The Morgan fingerprint density at radius 3 is 1.96 bits per heavy atom. The first-order valence-corrected chi connectivity index (χ1v) is 10.8. The van der Waals surface area contributed by atoms with Crippen LogP contribution < -0.4 is 0 Å². The normalized spacial score (nSPS) is 8.96. The van der Waals surface area contributed by atoms with Crippen molar-refractivity contribution in [3.8, 4) is 0 Å². The molecule has 0 aliphatic rings. The molecular weight excluding hydrogens is 428 g/mol. The van der Waals surface area contributed by atoms with Crippen LogP contribution in [0.2, 0.25) is 0 Å². The van der Waals surface area contributed by atoms with Crippen LogP contribution in [-0.4, -0.2) is 4.98 Å². The van der Waals surface area contributed by atoms with E-state index in [2.05, 4.69) is 41.3 Å². The molecule has 1 aromatic heterocycles. The second-order valence-electron chi connectivity index (χ2n) is 5.36. The molecule has 1 nitrogen and oxygen atoms in total. The highest BCUT2D eigenvalue weighted by molar-refractivity contribution is 9.10. The lowest BCUT2D eigenvalue weighted by molar-refractivity contribution is 0.581. The summed E-state index contributed by atoms with van der Waals surface area (Å²) in [4.78, 5) is 4.46. The second-order valence-corrected chi connectivity index (χ2v) is 7.18. The van der Waals surface area contributed by atoms with Crippen molar-refractivity contribution in [1.29, 1.82) is 0 Å². The Morgan fingerprint density at radius 2 is 1.52 bits per heavy atom. The number of hydrogen-bond donors (Lipinski definition) is 0. The Hall–Kier alpha value is -1.20. The molecule has 0 aliphatic heterocycles. The summed E-state index contributed by atoms with van der Waals surface area (Å²) in [6.45, 7) is 17.4. The minimum atomic E-state index is -0.553. The first-order chi connectivity index (χ1) is 12.8. The fourth-order valence-electron chi connectivity index (χ4n) is 1.60. The van der Waals surface area contributed by atoms with Crippen molar-refractivity contribution < 1.29 is 8.78 Å². The maximum absolute atomic E-state index is 13.1. The monoisotopic (exact) mass is 459 g/mol. The first kappa shape index (κ1) is 28.0. The smallest absolute Gasteiger partial charge is 0.126 e. The Balaban J connectivity index is 0. The number of thioether (sulfide) groups is 1. The molecule has 0 radical (unpaired) electrons. The van der Waals surface area contributed by atoms with Crippen LogP contribution in [0.3, 0.4) is 0 Å². The number of halogens is 3. The minimum absolute atomic E-state index is 0.475. The highest BCUT2D eigenvalue weighted by atomic mass is 79.9. The third-order valence-corrected chi connectivity index (χ3v) is 4.61. The van der Waals surface area contributed by atoms with Gasteiger partial charge in [0.15, 0.2) is 0 Å². The lowest BCUT2D eigenvalue weighted by atomic mass is 10.2. The quantitative estimate of drug-likeness (QED) is 0.336. The molecule has 152 valence electrons. The van der Waals surface area contributed by atoms with Gasteiger partial charge in [-0.1, -0.05) is 40.2 Å². The third-order valence-electron chi connectivity index (χ3n) is 2.69. The number of benzene rings is 1. The number of aromatic nitrogens is 1. The maximum Gasteiger partial charge on any atom is 0.126 e. The molecule has 1 heterocycles. The van der Waals surface area contributed by atoms with Crippen molar-refractivity contribution in [2.24, 2.45) is 0 Å². The van der Waals surface area contributed by atoms with Crippen molar-refractivity contribution in [3.63, 3.8) is 0 Å². The average Bonchev–Trinajstić information content (AvgIpc) is 2.59. The predicted molar refractivity (Wildman–Crippen MR) is 121 cm³/mol. The van der Waals surface area contributed by atoms with Gasteiger partial charge in [0, 0.05) is 17.5 Å². The van der Waals surface area contributed by atoms with Crippen LogP contribution in [0.1, 0.15) is 57.9 Å². The van der Waals surface area contributed by atoms with Gasteiger partial charge in [0.05, 0.1) is 4.47 Å². The standard InChI is InChI=1S/C14H12BrF2NS.C3H8.C3H6.C2H6/c1-8-3-13(15)14(18-9(8)2)19-7-10-4-11(16)6-12(17)5-10;2*1-3-2;1-2/h3-6H,7H2,1-2H3;3H2,1-2H3;3H,1H2,2H3;1-2H3. The number of aryl methyl sites for hydroxylation is 2. The van der Waals surface area contributed by atoms with Gasteiger partial charge in [-0.05, 0) is 66.0 Å². The minimum Gasteiger partial charge on any atom is -0.245 e. The molecule has 0 saturated carbocycles. The third kappa shape index (κ3) is 12.7. The highest BCUT2D eigenvalue weighted by Crippen LogP contribution is 2.30. The van der Waals surface area contributed by atoms with E-state index in [4.69, 9.17) is 0 Å². The maximum atomic E-state index is 13.1. The van der Waals surface area contributed by atoms with Crippen LogP contribution in [0.5, 0.6) is 0 Å². The molecule has 27 heavy (non-hydrogen) atoms. The van der Waals surface area contributed by atoms with Crippen molar-refractivity contribution in [2.75, 3.05) is 0 Å². The lowest BCUT2D eigenvalue weighted by Gasteiger charge is -2.07. The zero-order chi connectivity index (χ0) is 21.4. The van der Waals surface area contributed by atoms with Crippen molar-refractivity contribution in [2.45, 2.75) is 65.7 Å². The van der Waals surface area contributed by atoms with Crippen LogP contribution in [0.4, 0.5) is 8.78 Å². The fourth-order valence-corrected chi connectivity index (χ4v) is 3.24. The van der Waals surface area contributed by atoms with E-state index in [1.165, 1.54) is 30.3 Å². The van der Waals surface area contributed by atoms with E-state index in [0.29, 0.717) is 11.3 Å². The van der Waals surface area contributed by atoms with E-state index in [1.807, 2.05) is 40.7 Å². The molecule has 0 spiro atoms. The number of allylic oxidation sites excluding steroid dienone is 1. The van der Waals surface area contributed by atoms with E-state index < -0.39 is 11.6 Å². The summed E-state index contributed by atoms with van der Waals surface area (Å²) in [5.41, 5.74) is 2.67. The second kappa shape index (κ2) is 16.9. The Kier molecular flexibility index (Phi) is 17.6. The molecule has 0 N–H and O–H groups in total. The van der Waals surface area contributed by atoms with E-state index >= 15 is 0 Å². The molecule has 0 bridgehead atoms. The molecule has 2 aromatic rings. The van der Waals surface area contributed by atoms with E-state index in [1.54, 1.807) is 6.08 Å². The van der Waals surface area contributed by atoms with Gasteiger partial charge in [0.25, 0.3) is 0 Å². The number of pyridine rings is 1. The van der Waals surface area contributed by atoms with Crippen LogP contribution in [-0.2, 0) is 5.75 Å². The fraction of sp³-hybridized carbons (Fsp3) is 0.409. The summed E-state index contributed by atoms with van der Waals surface area (Å²) in [6, 6.07) is 5.55. The molecule has 0 atom stereocenters. The molecule has 1 aromatic carbocycles. The summed E-state index contributed by atoms with van der Waals surface area (Å²) >= 11 is 4.90. The Bertz CT molecular complexity index is 655. The van der Waals surface area contributed by atoms with Crippen LogP contribution >= 0.6 is 27.7 Å². The van der Waals surface area contributed by atoms with Gasteiger partial charge >= 0.3 is 0 Å². The van der Waals surface area contributed by atoms with E-state index in [-0.39, 0.29) is 0 Å². The molecule has 0 aliphatic carbocycles. The van der Waals surface area contributed by atoms with E-state index in [0.717, 1.165) is 26.8 Å².